The van der Waals surface area contributed by atoms with Gasteiger partial charge in [0.1, 0.15) is 0 Å². The van der Waals surface area contributed by atoms with Crippen molar-refractivity contribution in [3.05, 3.63) is 51.8 Å². The fourth-order valence-electron chi connectivity index (χ4n) is 2.20. The van der Waals surface area contributed by atoms with Crippen molar-refractivity contribution in [2.45, 2.75) is 18.9 Å². The van der Waals surface area contributed by atoms with Crippen molar-refractivity contribution in [2.75, 3.05) is 7.05 Å². The fraction of sp³-hybridized carbons (Fsp3) is 0.357. The molecular weight excluding hydrogens is 328 g/mol. The Labute approximate surface area is 125 Å². The maximum absolute atomic E-state index is 13.6. The summed E-state index contributed by atoms with van der Waals surface area (Å²) in [7, 11) is 3.69. The van der Waals surface area contributed by atoms with Gasteiger partial charge in [-0.25, -0.2) is 8.78 Å². The van der Waals surface area contributed by atoms with Gasteiger partial charge in [-0.15, -0.1) is 0 Å². The van der Waals surface area contributed by atoms with E-state index in [1.807, 2.05) is 24.8 Å². The van der Waals surface area contributed by atoms with Crippen molar-refractivity contribution in [3.63, 3.8) is 0 Å². The van der Waals surface area contributed by atoms with E-state index in [9.17, 15) is 8.78 Å². The first-order valence-electron chi connectivity index (χ1n) is 6.32. The maximum Gasteiger partial charge on any atom is 0.173 e. The fourth-order valence-corrected chi connectivity index (χ4v) is 2.80. The van der Waals surface area contributed by atoms with Crippen LogP contribution >= 0.6 is 15.9 Å². The molecule has 1 unspecified atom stereocenters. The molecule has 1 atom stereocenters. The highest BCUT2D eigenvalue weighted by Gasteiger charge is 2.18. The van der Waals surface area contributed by atoms with Crippen LogP contribution in [0.5, 0.6) is 0 Å². The van der Waals surface area contributed by atoms with Gasteiger partial charge in [0.25, 0.3) is 0 Å². The first-order valence-corrected chi connectivity index (χ1v) is 7.11. The summed E-state index contributed by atoms with van der Waals surface area (Å²) in [6, 6.07) is 4.65. The van der Waals surface area contributed by atoms with Gasteiger partial charge in [0, 0.05) is 25.0 Å². The summed E-state index contributed by atoms with van der Waals surface area (Å²) in [6.07, 6.45) is 3.31. The second-order valence-corrected chi connectivity index (χ2v) is 5.38. The van der Waals surface area contributed by atoms with Crippen molar-refractivity contribution >= 4 is 15.9 Å². The van der Waals surface area contributed by atoms with Crippen LogP contribution in [0.1, 0.15) is 23.7 Å². The van der Waals surface area contributed by atoms with Gasteiger partial charge in [0.15, 0.2) is 11.6 Å². The van der Waals surface area contributed by atoms with E-state index < -0.39 is 11.6 Å². The third-order valence-corrected chi connectivity index (χ3v) is 4.21. The molecule has 3 nitrogen and oxygen atoms in total. The highest BCUT2D eigenvalue weighted by molar-refractivity contribution is 9.10. The van der Waals surface area contributed by atoms with E-state index in [1.165, 1.54) is 0 Å². The van der Waals surface area contributed by atoms with E-state index in [0.717, 1.165) is 24.6 Å². The zero-order chi connectivity index (χ0) is 14.7. The van der Waals surface area contributed by atoms with Gasteiger partial charge in [-0.05, 0) is 53.5 Å². The molecule has 0 aliphatic carbocycles. The zero-order valence-corrected chi connectivity index (χ0v) is 12.9. The third-order valence-electron chi connectivity index (χ3n) is 3.40. The zero-order valence-electron chi connectivity index (χ0n) is 11.3. The monoisotopic (exact) mass is 343 g/mol. The van der Waals surface area contributed by atoms with Gasteiger partial charge in [0.2, 0.25) is 0 Å². The number of hydrogen-bond acceptors (Lipinski definition) is 2. The number of halogens is 3. The molecule has 0 saturated carbocycles. The van der Waals surface area contributed by atoms with Crippen LogP contribution in [0.3, 0.4) is 0 Å². The topological polar surface area (TPSA) is 29.9 Å². The summed E-state index contributed by atoms with van der Waals surface area (Å²) in [6.45, 7) is 0. The molecule has 0 aliphatic heterocycles. The Kier molecular flexibility index (Phi) is 4.88. The normalized spacial score (nSPS) is 12.7. The minimum absolute atomic E-state index is 0.0608. The van der Waals surface area contributed by atoms with Crippen LogP contribution in [0.4, 0.5) is 8.78 Å². The number of benzene rings is 1. The summed E-state index contributed by atoms with van der Waals surface area (Å²) in [4.78, 5) is 0. The molecule has 0 saturated heterocycles. The van der Waals surface area contributed by atoms with Crippen molar-refractivity contribution < 1.29 is 8.78 Å². The van der Waals surface area contributed by atoms with E-state index in [2.05, 4.69) is 26.3 Å². The number of nitrogens with one attached hydrogen (secondary N) is 1. The largest absolute Gasteiger partial charge is 0.313 e. The molecule has 0 amide bonds. The number of hydrogen-bond donors (Lipinski definition) is 1. The molecule has 2 aromatic rings. The molecule has 0 spiro atoms. The first kappa shape index (κ1) is 15.1. The van der Waals surface area contributed by atoms with Crippen LogP contribution in [0, 0.1) is 11.6 Å². The molecular formula is C14H16BrF2N3. The molecule has 108 valence electrons. The van der Waals surface area contributed by atoms with E-state index >= 15 is 0 Å². The minimum atomic E-state index is -0.845. The smallest absolute Gasteiger partial charge is 0.173 e. The van der Waals surface area contributed by atoms with E-state index in [4.69, 9.17) is 0 Å². The van der Waals surface area contributed by atoms with Crippen molar-refractivity contribution in [3.8, 4) is 0 Å². The molecule has 1 aromatic heterocycles. The lowest BCUT2D eigenvalue weighted by Crippen LogP contribution is -2.18. The summed E-state index contributed by atoms with van der Waals surface area (Å²) in [5.74, 6) is -1.69. The first-order chi connectivity index (χ1) is 9.54. The Bertz CT molecular complexity index is 598. The van der Waals surface area contributed by atoms with Crippen molar-refractivity contribution in [2.24, 2.45) is 7.05 Å². The molecule has 0 radical (unpaired) electrons. The van der Waals surface area contributed by atoms with E-state index in [0.29, 0.717) is 5.56 Å². The highest BCUT2D eigenvalue weighted by Crippen LogP contribution is 2.30. The SMILES string of the molecule is CNC(CCc1ccnn1C)c1ccc(F)c(F)c1Br. The maximum atomic E-state index is 13.6. The summed E-state index contributed by atoms with van der Waals surface area (Å²) in [5, 5.41) is 7.25. The molecule has 0 fully saturated rings. The van der Waals surface area contributed by atoms with Gasteiger partial charge < -0.3 is 5.32 Å². The van der Waals surface area contributed by atoms with Gasteiger partial charge in [-0.1, -0.05) is 6.07 Å². The van der Waals surface area contributed by atoms with E-state index in [-0.39, 0.29) is 10.5 Å². The van der Waals surface area contributed by atoms with Crippen LogP contribution in [-0.4, -0.2) is 16.8 Å². The highest BCUT2D eigenvalue weighted by atomic mass is 79.9. The van der Waals surface area contributed by atoms with Crippen LogP contribution < -0.4 is 5.32 Å². The summed E-state index contributed by atoms with van der Waals surface area (Å²) >= 11 is 3.13. The van der Waals surface area contributed by atoms with Crippen LogP contribution in [-0.2, 0) is 13.5 Å². The van der Waals surface area contributed by atoms with Gasteiger partial charge >= 0.3 is 0 Å². The number of rotatable bonds is 5. The summed E-state index contributed by atoms with van der Waals surface area (Å²) < 4.78 is 28.7. The van der Waals surface area contributed by atoms with E-state index in [1.54, 1.807) is 12.3 Å². The average molecular weight is 344 g/mol. The Hall–Kier alpha value is -1.27. The van der Waals surface area contributed by atoms with Crippen LogP contribution in [0.2, 0.25) is 0 Å². The second-order valence-electron chi connectivity index (χ2n) is 4.59. The second kappa shape index (κ2) is 6.45. The standard InChI is InChI=1S/C14H16BrF2N3/c1-18-12(6-3-9-7-8-19-20(9)2)10-4-5-11(16)14(17)13(10)15/h4-5,7-8,12,18H,3,6H2,1-2H3. The van der Waals surface area contributed by atoms with Gasteiger partial charge in [0.05, 0.1) is 4.47 Å². The van der Waals surface area contributed by atoms with Crippen molar-refractivity contribution in [1.82, 2.24) is 15.1 Å². The lowest BCUT2D eigenvalue weighted by Gasteiger charge is -2.18. The lowest BCUT2D eigenvalue weighted by molar-refractivity contribution is 0.489. The Morgan fingerprint density at radius 3 is 2.70 bits per heavy atom. The Balaban J connectivity index is 2.16. The Morgan fingerprint density at radius 2 is 2.10 bits per heavy atom. The number of nitrogens with zero attached hydrogens (tertiary/aromatic N) is 2. The van der Waals surface area contributed by atoms with Gasteiger partial charge in [-0.3, -0.25) is 4.68 Å². The van der Waals surface area contributed by atoms with Crippen molar-refractivity contribution in [1.29, 1.82) is 0 Å². The molecule has 0 bridgehead atoms. The third kappa shape index (κ3) is 3.07. The number of aromatic nitrogens is 2. The molecule has 1 heterocycles. The molecule has 0 aliphatic rings. The van der Waals surface area contributed by atoms with Crippen LogP contribution in [0.15, 0.2) is 28.9 Å². The quantitative estimate of drug-likeness (QED) is 0.843. The molecule has 1 aromatic carbocycles. The molecule has 6 heteroatoms. The minimum Gasteiger partial charge on any atom is -0.313 e. The van der Waals surface area contributed by atoms with Gasteiger partial charge in [-0.2, -0.15) is 5.10 Å². The predicted octanol–water partition coefficient (Wildman–Crippen LogP) is 3.35. The van der Waals surface area contributed by atoms with Crippen LogP contribution in [0.25, 0.3) is 0 Å². The molecule has 2 rings (SSSR count). The lowest BCUT2D eigenvalue weighted by atomic mass is 10.0. The molecule has 1 N–H and O–H groups in total. The average Bonchev–Trinajstić information content (AvgIpc) is 2.84. The predicted molar refractivity (Wildman–Crippen MR) is 77.4 cm³/mol. The summed E-state index contributed by atoms with van der Waals surface area (Å²) in [5.41, 5.74) is 1.82. The molecule has 20 heavy (non-hydrogen) atoms. The number of aryl methyl sites for hydroxylation is 2. The Morgan fingerprint density at radius 1 is 1.35 bits per heavy atom.